The smallest absolute Gasteiger partial charge is 0.318 e. The lowest BCUT2D eigenvalue weighted by molar-refractivity contribution is -0.148. The normalized spacial score (nSPS) is 13.9. The van der Waals surface area contributed by atoms with Crippen LogP contribution in [-0.4, -0.2) is 61.8 Å². The molecule has 28 heavy (non-hydrogen) atoms. The molecule has 1 rings (SSSR count). The zero-order valence-corrected chi connectivity index (χ0v) is 16.1. The van der Waals surface area contributed by atoms with Crippen LogP contribution in [0.4, 0.5) is 0 Å². The summed E-state index contributed by atoms with van der Waals surface area (Å²) < 4.78 is 4.97. The van der Waals surface area contributed by atoms with Crippen molar-refractivity contribution in [3.63, 3.8) is 0 Å². The van der Waals surface area contributed by atoms with E-state index in [1.807, 2.05) is 0 Å². The van der Waals surface area contributed by atoms with Gasteiger partial charge in [-0.05, 0) is 17.7 Å². The molecular formula is C16H18O10S2. The third-order valence-corrected chi connectivity index (χ3v) is 6.69. The van der Waals surface area contributed by atoms with Crippen LogP contribution in [-0.2, 0) is 19.2 Å². The van der Waals surface area contributed by atoms with E-state index in [4.69, 9.17) is 20.1 Å². The van der Waals surface area contributed by atoms with Crippen LogP contribution in [0.25, 0.3) is 0 Å². The average molecular weight is 434 g/mol. The number of ether oxygens (including phenoxy) is 1. The summed E-state index contributed by atoms with van der Waals surface area (Å²) in [5, 5.41) is 43.8. The molecule has 0 radical (unpaired) electrons. The molecule has 0 spiro atoms. The fraction of sp³-hybridized carbons (Fsp3) is 0.375. The summed E-state index contributed by atoms with van der Waals surface area (Å²) in [5.74, 6) is -7.17. The van der Waals surface area contributed by atoms with Crippen molar-refractivity contribution in [3.8, 4) is 11.5 Å². The second-order valence-corrected chi connectivity index (χ2v) is 8.13. The molecular weight excluding hydrogens is 416 g/mol. The summed E-state index contributed by atoms with van der Waals surface area (Å²) >= 11 is 0. The van der Waals surface area contributed by atoms with Gasteiger partial charge in [-0.15, -0.1) is 0 Å². The monoisotopic (exact) mass is 434 g/mol. The third-order valence-electron chi connectivity index (χ3n) is 3.52. The van der Waals surface area contributed by atoms with Crippen LogP contribution >= 0.6 is 21.6 Å². The summed E-state index contributed by atoms with van der Waals surface area (Å²) in [4.78, 5) is 44.8. The molecule has 1 aromatic carbocycles. The minimum Gasteiger partial charge on any atom is -0.504 e. The molecule has 0 aliphatic heterocycles. The largest absolute Gasteiger partial charge is 0.504 e. The van der Waals surface area contributed by atoms with Crippen LogP contribution < -0.4 is 4.74 Å². The van der Waals surface area contributed by atoms with Crippen molar-refractivity contribution >= 4 is 45.5 Å². The molecule has 1 aromatic rings. The van der Waals surface area contributed by atoms with E-state index in [1.54, 1.807) is 0 Å². The average Bonchev–Trinajstić information content (AvgIpc) is 2.59. The van der Waals surface area contributed by atoms with Crippen molar-refractivity contribution in [2.45, 2.75) is 23.3 Å². The fourth-order valence-corrected chi connectivity index (χ4v) is 5.29. The van der Waals surface area contributed by atoms with Gasteiger partial charge in [-0.25, -0.2) is 0 Å². The van der Waals surface area contributed by atoms with Gasteiger partial charge in [-0.2, -0.15) is 0 Å². The molecule has 3 unspecified atom stereocenters. The Morgan fingerprint density at radius 1 is 0.964 bits per heavy atom. The molecule has 5 N–H and O–H groups in total. The van der Waals surface area contributed by atoms with Crippen molar-refractivity contribution in [2.75, 3.05) is 7.11 Å². The number of benzene rings is 1. The maximum atomic E-state index is 11.7. The summed E-state index contributed by atoms with van der Waals surface area (Å²) in [7, 11) is 2.65. The number of hydrogen-bond acceptors (Lipinski definition) is 8. The van der Waals surface area contributed by atoms with E-state index < -0.39 is 53.1 Å². The lowest BCUT2D eigenvalue weighted by atomic mass is 9.95. The molecule has 0 fully saturated rings. The van der Waals surface area contributed by atoms with Gasteiger partial charge in [0.25, 0.3) is 0 Å². The minimum absolute atomic E-state index is 0.0212. The highest BCUT2D eigenvalue weighted by atomic mass is 33.1. The first-order valence-electron chi connectivity index (χ1n) is 7.65. The molecule has 0 aromatic heterocycles. The number of carboxylic acid groups (broad SMARTS) is 4. The van der Waals surface area contributed by atoms with E-state index in [2.05, 4.69) is 0 Å². The molecule has 0 aliphatic carbocycles. The lowest BCUT2D eigenvalue weighted by Gasteiger charge is -2.24. The first-order chi connectivity index (χ1) is 13.1. The van der Waals surface area contributed by atoms with Crippen molar-refractivity contribution < 1.29 is 49.4 Å². The third kappa shape index (κ3) is 6.85. The summed E-state index contributed by atoms with van der Waals surface area (Å²) in [6.07, 6.45) is -1.44. The van der Waals surface area contributed by atoms with Crippen molar-refractivity contribution in [1.82, 2.24) is 0 Å². The molecule has 10 nitrogen and oxygen atoms in total. The Kier molecular flexibility index (Phi) is 8.92. The summed E-state index contributed by atoms with van der Waals surface area (Å²) in [6, 6.07) is 3.91. The highest BCUT2D eigenvalue weighted by Crippen LogP contribution is 2.48. The van der Waals surface area contributed by atoms with E-state index in [1.165, 1.54) is 25.3 Å². The number of aromatic hydroxyl groups is 1. The van der Waals surface area contributed by atoms with Gasteiger partial charge in [0.05, 0.1) is 31.1 Å². The SMILES string of the molecule is COc1cc(C(SSC(CC(=O)O)C(=O)O)C(CC(=O)O)C(=O)O)ccc1O. The molecule has 154 valence electrons. The molecule has 0 saturated carbocycles. The van der Waals surface area contributed by atoms with E-state index in [0.717, 1.165) is 10.8 Å². The van der Waals surface area contributed by atoms with Crippen LogP contribution in [0.2, 0.25) is 0 Å². The molecule has 12 heteroatoms. The van der Waals surface area contributed by atoms with Gasteiger partial charge in [0.15, 0.2) is 11.5 Å². The number of hydrogen-bond donors (Lipinski definition) is 5. The second kappa shape index (κ2) is 10.7. The van der Waals surface area contributed by atoms with Gasteiger partial charge in [-0.3, -0.25) is 19.2 Å². The fourth-order valence-electron chi connectivity index (χ4n) is 2.19. The zero-order valence-electron chi connectivity index (χ0n) is 14.5. The van der Waals surface area contributed by atoms with Gasteiger partial charge in [-0.1, -0.05) is 27.7 Å². The first kappa shape index (κ1) is 23.4. The van der Waals surface area contributed by atoms with E-state index >= 15 is 0 Å². The summed E-state index contributed by atoms with van der Waals surface area (Å²) in [6.45, 7) is 0. The second-order valence-electron chi connectivity index (χ2n) is 5.51. The molecule has 0 heterocycles. The number of carboxylic acids is 4. The molecule has 0 bridgehead atoms. The Morgan fingerprint density at radius 2 is 1.57 bits per heavy atom. The van der Waals surface area contributed by atoms with Gasteiger partial charge in [0.1, 0.15) is 5.25 Å². The number of methoxy groups -OCH3 is 1. The zero-order chi connectivity index (χ0) is 21.4. The molecule has 0 amide bonds. The Bertz CT molecular complexity index is 751. The highest BCUT2D eigenvalue weighted by Gasteiger charge is 2.35. The molecule has 0 aliphatic rings. The highest BCUT2D eigenvalue weighted by molar-refractivity contribution is 8.77. The summed E-state index contributed by atoms with van der Waals surface area (Å²) in [5.41, 5.74) is 0.278. The molecule has 3 atom stereocenters. The van der Waals surface area contributed by atoms with Crippen LogP contribution in [0.3, 0.4) is 0 Å². The van der Waals surface area contributed by atoms with Crippen LogP contribution in [0.1, 0.15) is 23.7 Å². The van der Waals surface area contributed by atoms with Gasteiger partial charge in [0, 0.05) is 0 Å². The van der Waals surface area contributed by atoms with Gasteiger partial charge >= 0.3 is 23.9 Å². The van der Waals surface area contributed by atoms with E-state index in [-0.39, 0.29) is 17.1 Å². The van der Waals surface area contributed by atoms with Crippen molar-refractivity contribution in [3.05, 3.63) is 23.8 Å². The number of phenols is 1. The number of rotatable bonds is 12. The van der Waals surface area contributed by atoms with Crippen molar-refractivity contribution in [1.29, 1.82) is 0 Å². The standard InChI is InChI=1S/C16H18O10S2/c1-26-10-4-7(2-3-9(10)17)14(8(15(22)23)5-12(18)19)28-27-11(16(24)25)6-13(20)21/h2-4,8,11,14,17H,5-6H2,1H3,(H,18,19)(H,20,21)(H,22,23)(H,24,25). The van der Waals surface area contributed by atoms with Gasteiger partial charge in [0.2, 0.25) is 0 Å². The van der Waals surface area contributed by atoms with Crippen LogP contribution in [0.15, 0.2) is 18.2 Å². The predicted octanol–water partition coefficient (Wildman–Crippen LogP) is 1.93. The Hall–Kier alpha value is -2.60. The van der Waals surface area contributed by atoms with Gasteiger partial charge < -0.3 is 30.3 Å². The van der Waals surface area contributed by atoms with E-state index in [0.29, 0.717) is 10.8 Å². The van der Waals surface area contributed by atoms with Crippen LogP contribution in [0.5, 0.6) is 11.5 Å². The first-order valence-corrected chi connectivity index (χ1v) is 9.92. The number of phenolic OH excluding ortho intramolecular Hbond substituents is 1. The number of aliphatic carboxylic acids is 4. The minimum atomic E-state index is -1.44. The topological polar surface area (TPSA) is 179 Å². The van der Waals surface area contributed by atoms with Crippen molar-refractivity contribution in [2.24, 2.45) is 5.92 Å². The van der Waals surface area contributed by atoms with Crippen LogP contribution in [0, 0.1) is 5.92 Å². The Morgan fingerprint density at radius 3 is 2.04 bits per heavy atom. The lowest BCUT2D eigenvalue weighted by Crippen LogP contribution is -2.24. The maximum absolute atomic E-state index is 11.7. The molecule has 0 saturated heterocycles. The predicted molar refractivity (Wildman–Crippen MR) is 99.6 cm³/mol. The maximum Gasteiger partial charge on any atom is 0.318 e. The Labute approximate surface area is 166 Å². The number of carbonyl (C=O) groups is 4. The Balaban J connectivity index is 3.26. The quantitative estimate of drug-likeness (QED) is 0.302. The van der Waals surface area contributed by atoms with E-state index in [9.17, 15) is 29.4 Å².